The summed E-state index contributed by atoms with van der Waals surface area (Å²) >= 11 is 5.83. The van der Waals surface area contributed by atoms with Crippen LogP contribution in [0.25, 0.3) is 0 Å². The minimum Gasteiger partial charge on any atom is -0.495 e. The SMILES string of the molecule is COc1ccc(N2C(=S)NC(c3ccccn3)C2c2ccn(C3CCCCC3)c2)cc1NS(C)(=O)=O. The van der Waals surface area contributed by atoms with Crippen molar-refractivity contribution in [3.05, 3.63) is 72.3 Å². The van der Waals surface area contributed by atoms with Gasteiger partial charge in [-0.1, -0.05) is 25.3 Å². The lowest BCUT2D eigenvalue weighted by Crippen LogP contribution is -2.29. The van der Waals surface area contributed by atoms with Crippen LogP contribution >= 0.6 is 12.2 Å². The number of nitrogens with zero attached hydrogens (tertiary/aromatic N) is 3. The summed E-state index contributed by atoms with van der Waals surface area (Å²) in [7, 11) is -1.99. The molecule has 1 saturated heterocycles. The zero-order chi connectivity index (χ0) is 25.3. The normalized spacial score (nSPS) is 20.8. The topological polar surface area (TPSA) is 88.5 Å². The Hall–Kier alpha value is -3.11. The summed E-state index contributed by atoms with van der Waals surface area (Å²) < 4.78 is 34.3. The molecule has 2 unspecified atom stereocenters. The monoisotopic (exact) mass is 525 g/mol. The Morgan fingerprint density at radius 1 is 1.14 bits per heavy atom. The van der Waals surface area contributed by atoms with Gasteiger partial charge in [-0.25, -0.2) is 8.42 Å². The molecular formula is C26H31N5O3S2. The van der Waals surface area contributed by atoms with Gasteiger partial charge in [0.05, 0.1) is 36.8 Å². The Kier molecular flexibility index (Phi) is 6.90. The van der Waals surface area contributed by atoms with Crippen molar-refractivity contribution in [1.82, 2.24) is 14.9 Å². The first-order valence-corrected chi connectivity index (χ1v) is 14.5. The molecule has 36 heavy (non-hydrogen) atoms. The molecule has 10 heteroatoms. The van der Waals surface area contributed by atoms with Crippen molar-refractivity contribution >= 4 is 38.7 Å². The van der Waals surface area contributed by atoms with E-state index in [2.05, 4.69) is 38.1 Å². The summed E-state index contributed by atoms with van der Waals surface area (Å²) in [5, 5.41) is 4.02. The molecule has 3 heterocycles. The van der Waals surface area contributed by atoms with Crippen LogP contribution in [0.3, 0.4) is 0 Å². The van der Waals surface area contributed by atoms with Gasteiger partial charge in [0.25, 0.3) is 0 Å². The van der Waals surface area contributed by atoms with Crippen LogP contribution in [0.5, 0.6) is 5.75 Å². The third-order valence-corrected chi connectivity index (χ3v) is 7.84. The maximum atomic E-state index is 12.0. The average molecular weight is 526 g/mol. The van der Waals surface area contributed by atoms with Gasteiger partial charge in [-0.2, -0.15) is 0 Å². The molecule has 8 nitrogen and oxygen atoms in total. The van der Waals surface area contributed by atoms with Crippen molar-refractivity contribution in [3.63, 3.8) is 0 Å². The molecule has 0 bridgehead atoms. The highest BCUT2D eigenvalue weighted by Gasteiger charge is 2.41. The number of hydrogen-bond donors (Lipinski definition) is 2. The van der Waals surface area contributed by atoms with E-state index in [4.69, 9.17) is 17.0 Å². The van der Waals surface area contributed by atoms with Crippen LogP contribution in [0.4, 0.5) is 11.4 Å². The van der Waals surface area contributed by atoms with Gasteiger partial charge in [0, 0.05) is 30.3 Å². The lowest BCUT2D eigenvalue weighted by atomic mass is 9.95. The quantitative estimate of drug-likeness (QED) is 0.422. The molecule has 190 valence electrons. The molecule has 1 aliphatic carbocycles. The van der Waals surface area contributed by atoms with Gasteiger partial charge in [-0.3, -0.25) is 9.71 Å². The third-order valence-electron chi connectivity index (χ3n) is 6.93. The molecule has 1 aromatic carbocycles. The maximum Gasteiger partial charge on any atom is 0.229 e. The van der Waals surface area contributed by atoms with E-state index in [1.165, 1.54) is 39.2 Å². The minimum absolute atomic E-state index is 0.170. The Morgan fingerprint density at radius 3 is 2.64 bits per heavy atom. The molecule has 0 amide bonds. The second-order valence-electron chi connectivity index (χ2n) is 9.44. The van der Waals surface area contributed by atoms with Gasteiger partial charge in [-0.05, 0) is 67.0 Å². The van der Waals surface area contributed by atoms with Crippen molar-refractivity contribution in [2.45, 2.75) is 50.2 Å². The highest BCUT2D eigenvalue weighted by Crippen LogP contribution is 2.44. The number of sulfonamides is 1. The van der Waals surface area contributed by atoms with Crippen LogP contribution < -0.4 is 19.7 Å². The third kappa shape index (κ3) is 5.05. The van der Waals surface area contributed by atoms with Crippen molar-refractivity contribution in [3.8, 4) is 5.75 Å². The van der Waals surface area contributed by atoms with Gasteiger partial charge >= 0.3 is 0 Å². The molecule has 2 N–H and O–H groups in total. The molecule has 5 rings (SSSR count). The Bertz CT molecular complexity index is 1340. The fourth-order valence-corrected chi connectivity index (χ4v) is 6.21. The number of pyridine rings is 1. The van der Waals surface area contributed by atoms with Gasteiger partial charge in [0.2, 0.25) is 10.0 Å². The van der Waals surface area contributed by atoms with Crippen LogP contribution in [-0.4, -0.2) is 36.4 Å². The number of anilines is 2. The number of aromatic nitrogens is 2. The number of nitrogens with one attached hydrogen (secondary N) is 2. The molecule has 3 aromatic rings. The minimum atomic E-state index is -3.50. The highest BCUT2D eigenvalue weighted by atomic mass is 32.2. The first-order valence-electron chi connectivity index (χ1n) is 12.2. The highest BCUT2D eigenvalue weighted by molar-refractivity contribution is 7.92. The molecule has 0 spiro atoms. The van der Waals surface area contributed by atoms with Gasteiger partial charge in [0.15, 0.2) is 5.11 Å². The summed E-state index contributed by atoms with van der Waals surface area (Å²) in [6, 6.07) is 13.6. The standard InChI is InChI=1S/C26H31N5O3S2/c1-34-23-12-11-20(16-22(23)29-36(2,32)33)31-25(24(28-26(31)35)21-10-6-7-14-27-21)18-13-15-30(17-18)19-8-4-3-5-9-19/h6-7,10-17,19,24-25,29H,3-5,8-9H2,1-2H3,(H,28,35). The van der Waals surface area contributed by atoms with Crippen molar-refractivity contribution in [1.29, 1.82) is 0 Å². The van der Waals surface area contributed by atoms with Crippen molar-refractivity contribution < 1.29 is 13.2 Å². The van der Waals surface area contributed by atoms with E-state index in [1.54, 1.807) is 18.3 Å². The predicted molar refractivity (Wildman–Crippen MR) is 146 cm³/mol. The van der Waals surface area contributed by atoms with Crippen LogP contribution in [0.1, 0.15) is 61.5 Å². The summed E-state index contributed by atoms with van der Waals surface area (Å²) in [5.41, 5.74) is 3.13. The largest absolute Gasteiger partial charge is 0.495 e. The van der Waals surface area contributed by atoms with Crippen LogP contribution in [-0.2, 0) is 10.0 Å². The van der Waals surface area contributed by atoms with Crippen molar-refractivity contribution in [2.24, 2.45) is 0 Å². The summed E-state index contributed by atoms with van der Waals surface area (Å²) in [6.07, 6.45) is 13.5. The first kappa shape index (κ1) is 24.6. The number of hydrogen-bond acceptors (Lipinski definition) is 5. The van der Waals surface area contributed by atoms with Crippen LogP contribution in [0.2, 0.25) is 0 Å². The lowest BCUT2D eigenvalue weighted by molar-refractivity contribution is 0.353. The van der Waals surface area contributed by atoms with E-state index in [1.807, 2.05) is 29.2 Å². The number of thiocarbonyl (C=S) groups is 1. The lowest BCUT2D eigenvalue weighted by Gasteiger charge is -2.28. The zero-order valence-electron chi connectivity index (χ0n) is 20.4. The molecule has 2 atom stereocenters. The number of benzene rings is 1. The van der Waals surface area contributed by atoms with Gasteiger partial charge < -0.3 is 19.5 Å². The molecule has 2 aromatic heterocycles. The molecule has 1 aliphatic heterocycles. The van der Waals surface area contributed by atoms with Gasteiger partial charge in [0.1, 0.15) is 5.75 Å². The summed E-state index contributed by atoms with van der Waals surface area (Å²) in [4.78, 5) is 6.67. The fraction of sp³-hybridized carbons (Fsp3) is 0.385. The molecule has 2 aliphatic rings. The summed E-state index contributed by atoms with van der Waals surface area (Å²) in [6.45, 7) is 0. The second kappa shape index (κ2) is 10.1. The predicted octanol–water partition coefficient (Wildman–Crippen LogP) is 4.95. The Morgan fingerprint density at radius 2 is 1.94 bits per heavy atom. The average Bonchev–Trinajstić information content (AvgIpc) is 3.49. The van der Waals surface area contributed by atoms with E-state index in [9.17, 15) is 8.42 Å². The number of rotatable bonds is 7. The molecular weight excluding hydrogens is 494 g/mol. The Labute approximate surface area is 217 Å². The fourth-order valence-electron chi connectivity index (χ4n) is 5.31. The van der Waals surface area contributed by atoms with Crippen LogP contribution in [0.15, 0.2) is 61.1 Å². The van der Waals surface area contributed by atoms with E-state index in [0.29, 0.717) is 22.6 Å². The smallest absolute Gasteiger partial charge is 0.229 e. The number of methoxy groups -OCH3 is 1. The van der Waals surface area contributed by atoms with Crippen molar-refractivity contribution in [2.75, 3.05) is 23.0 Å². The number of ether oxygens (including phenoxy) is 1. The van der Waals surface area contributed by atoms with E-state index in [0.717, 1.165) is 23.2 Å². The zero-order valence-corrected chi connectivity index (χ0v) is 22.1. The maximum absolute atomic E-state index is 12.0. The Balaban J connectivity index is 1.57. The molecule has 1 saturated carbocycles. The van der Waals surface area contributed by atoms with E-state index >= 15 is 0 Å². The van der Waals surface area contributed by atoms with E-state index < -0.39 is 10.0 Å². The molecule has 2 fully saturated rings. The summed E-state index contributed by atoms with van der Waals surface area (Å²) in [5.74, 6) is 0.434. The first-order chi connectivity index (χ1) is 17.3. The van der Waals surface area contributed by atoms with E-state index in [-0.39, 0.29) is 12.1 Å². The second-order valence-corrected chi connectivity index (χ2v) is 11.6. The van der Waals surface area contributed by atoms with Crippen LogP contribution in [0, 0.1) is 0 Å². The van der Waals surface area contributed by atoms with Gasteiger partial charge in [-0.15, -0.1) is 0 Å². The molecule has 0 radical (unpaired) electrons.